The highest BCUT2D eigenvalue weighted by atomic mass is 35.5. The molecule has 0 saturated heterocycles. The molecule has 1 atom stereocenters. The molecule has 0 radical (unpaired) electrons. The van der Waals surface area contributed by atoms with Crippen LogP contribution in [0.25, 0.3) is 0 Å². The molecule has 8 heteroatoms. The van der Waals surface area contributed by atoms with Crippen LogP contribution in [0.2, 0.25) is 10.0 Å². The zero-order valence-electron chi connectivity index (χ0n) is 19.0. The molecule has 34 heavy (non-hydrogen) atoms. The third kappa shape index (κ3) is 6.43. The van der Waals surface area contributed by atoms with Gasteiger partial charge in [0.25, 0.3) is 5.91 Å². The fourth-order valence-electron chi connectivity index (χ4n) is 3.53. The quantitative estimate of drug-likeness (QED) is 0.435. The first-order chi connectivity index (χ1) is 16.4. The van der Waals surface area contributed by atoms with Crippen molar-refractivity contribution >= 4 is 35.0 Å². The van der Waals surface area contributed by atoms with E-state index in [-0.39, 0.29) is 19.1 Å². The predicted octanol–water partition coefficient (Wildman–Crippen LogP) is 4.77. The van der Waals surface area contributed by atoms with E-state index >= 15 is 0 Å². The molecular formula is C26H26Cl2N2O4. The Morgan fingerprint density at radius 1 is 0.912 bits per heavy atom. The molecule has 178 valence electrons. The van der Waals surface area contributed by atoms with Crippen LogP contribution in [0.1, 0.15) is 11.1 Å². The van der Waals surface area contributed by atoms with Crippen molar-refractivity contribution in [3.8, 4) is 11.5 Å². The molecular weight excluding hydrogens is 475 g/mol. The van der Waals surface area contributed by atoms with E-state index in [2.05, 4.69) is 5.32 Å². The molecule has 0 bridgehead atoms. The van der Waals surface area contributed by atoms with Crippen molar-refractivity contribution in [2.24, 2.45) is 0 Å². The van der Waals surface area contributed by atoms with Crippen LogP contribution in [0.15, 0.2) is 72.8 Å². The van der Waals surface area contributed by atoms with E-state index < -0.39 is 11.9 Å². The molecule has 0 aromatic heterocycles. The van der Waals surface area contributed by atoms with Crippen LogP contribution in [0.3, 0.4) is 0 Å². The first-order valence-electron chi connectivity index (χ1n) is 10.7. The number of hydrogen-bond donors (Lipinski definition) is 1. The number of rotatable bonds is 10. The number of amides is 2. The van der Waals surface area contributed by atoms with Gasteiger partial charge in [-0.25, -0.2) is 0 Å². The van der Waals surface area contributed by atoms with Gasteiger partial charge >= 0.3 is 0 Å². The molecule has 0 aliphatic carbocycles. The smallest absolute Gasteiger partial charge is 0.261 e. The van der Waals surface area contributed by atoms with Gasteiger partial charge in [-0.15, -0.1) is 0 Å². The fraction of sp³-hybridized carbons (Fsp3) is 0.231. The number of likely N-dealkylation sites (N-methyl/N-ethyl adjacent to an activating group) is 1. The fourth-order valence-corrected chi connectivity index (χ4v) is 4.05. The standard InChI is InChI=1S/C26H26Cl2N2O4/c1-29-26(32)22(15-18-9-4-3-5-10-18)30(16-19-20(27)11-8-12-21(19)28)25(31)17-34-24-14-7-6-13-23(24)33-2/h3-14,22H,15-17H2,1-2H3,(H,29,32)/t22-/m1/s1. The minimum atomic E-state index is -0.812. The maximum atomic E-state index is 13.5. The molecule has 0 aliphatic rings. The lowest BCUT2D eigenvalue weighted by Gasteiger charge is -2.31. The van der Waals surface area contributed by atoms with Crippen LogP contribution in [-0.2, 0) is 22.6 Å². The van der Waals surface area contributed by atoms with Gasteiger partial charge < -0.3 is 19.7 Å². The highest BCUT2D eigenvalue weighted by Gasteiger charge is 2.31. The Morgan fingerprint density at radius 3 is 2.15 bits per heavy atom. The summed E-state index contributed by atoms with van der Waals surface area (Å²) < 4.78 is 11.1. The molecule has 0 aliphatic heterocycles. The topological polar surface area (TPSA) is 67.9 Å². The Bertz CT molecular complexity index is 1100. The van der Waals surface area contributed by atoms with Crippen LogP contribution in [0, 0.1) is 0 Å². The average Bonchev–Trinajstić information content (AvgIpc) is 2.86. The van der Waals surface area contributed by atoms with Crippen LogP contribution in [0.4, 0.5) is 0 Å². The van der Waals surface area contributed by atoms with Crippen molar-refractivity contribution in [2.45, 2.75) is 19.0 Å². The molecule has 1 N–H and O–H groups in total. The summed E-state index contributed by atoms with van der Waals surface area (Å²) in [6, 6.07) is 20.8. The van der Waals surface area contributed by atoms with E-state index in [0.29, 0.717) is 33.5 Å². The summed E-state index contributed by atoms with van der Waals surface area (Å²) in [5.74, 6) is 0.223. The summed E-state index contributed by atoms with van der Waals surface area (Å²) in [5.41, 5.74) is 1.46. The van der Waals surface area contributed by atoms with E-state index in [1.54, 1.807) is 42.5 Å². The monoisotopic (exact) mass is 500 g/mol. The maximum absolute atomic E-state index is 13.5. The molecule has 3 aromatic carbocycles. The summed E-state index contributed by atoms with van der Waals surface area (Å²) in [5, 5.41) is 3.49. The molecule has 0 unspecified atom stereocenters. The second-order valence-corrected chi connectivity index (χ2v) is 8.30. The van der Waals surface area contributed by atoms with Gasteiger partial charge in [-0.2, -0.15) is 0 Å². The van der Waals surface area contributed by atoms with Gasteiger partial charge in [-0.3, -0.25) is 9.59 Å². The van der Waals surface area contributed by atoms with Gasteiger partial charge in [0, 0.05) is 35.6 Å². The number of benzene rings is 3. The van der Waals surface area contributed by atoms with Gasteiger partial charge in [-0.1, -0.05) is 71.7 Å². The number of carbonyl (C=O) groups is 2. The number of nitrogens with one attached hydrogen (secondary N) is 1. The number of hydrogen-bond acceptors (Lipinski definition) is 4. The van der Waals surface area contributed by atoms with E-state index in [0.717, 1.165) is 5.56 Å². The molecule has 0 heterocycles. The lowest BCUT2D eigenvalue weighted by molar-refractivity contribution is -0.142. The van der Waals surface area contributed by atoms with Gasteiger partial charge in [0.2, 0.25) is 5.91 Å². The first-order valence-corrected chi connectivity index (χ1v) is 11.4. The summed E-state index contributed by atoms with van der Waals surface area (Å²) >= 11 is 12.8. The molecule has 6 nitrogen and oxygen atoms in total. The lowest BCUT2D eigenvalue weighted by Crippen LogP contribution is -2.51. The van der Waals surface area contributed by atoms with Crippen LogP contribution < -0.4 is 14.8 Å². The maximum Gasteiger partial charge on any atom is 0.261 e. The van der Waals surface area contributed by atoms with E-state index in [4.69, 9.17) is 32.7 Å². The largest absolute Gasteiger partial charge is 0.493 e. The summed E-state index contributed by atoms with van der Waals surface area (Å²) in [6.45, 7) is -0.262. The Labute approximate surface area is 209 Å². The number of para-hydroxylation sites is 2. The number of methoxy groups -OCH3 is 1. The molecule has 0 fully saturated rings. The van der Waals surface area contributed by atoms with Crippen LogP contribution in [0.5, 0.6) is 11.5 Å². The van der Waals surface area contributed by atoms with Gasteiger partial charge in [0.1, 0.15) is 6.04 Å². The molecule has 2 amide bonds. The van der Waals surface area contributed by atoms with Crippen molar-refractivity contribution in [1.29, 1.82) is 0 Å². The summed E-state index contributed by atoms with van der Waals surface area (Å²) in [4.78, 5) is 27.9. The zero-order valence-corrected chi connectivity index (χ0v) is 20.5. The Balaban J connectivity index is 1.93. The highest BCUT2D eigenvalue weighted by molar-refractivity contribution is 6.36. The SMILES string of the molecule is CNC(=O)[C@@H](Cc1ccccc1)N(Cc1c(Cl)cccc1Cl)C(=O)COc1ccccc1OC. The van der Waals surface area contributed by atoms with E-state index in [1.165, 1.54) is 19.1 Å². The summed E-state index contributed by atoms with van der Waals surface area (Å²) in [7, 11) is 3.06. The van der Waals surface area contributed by atoms with Gasteiger partial charge in [0.05, 0.1) is 7.11 Å². The van der Waals surface area contributed by atoms with E-state index in [9.17, 15) is 9.59 Å². The number of carbonyl (C=O) groups excluding carboxylic acids is 2. The molecule has 3 aromatic rings. The van der Waals surface area contributed by atoms with Crippen molar-refractivity contribution in [3.05, 3.63) is 94.0 Å². The van der Waals surface area contributed by atoms with E-state index in [1.807, 2.05) is 30.3 Å². The third-order valence-corrected chi connectivity index (χ3v) is 6.04. The summed E-state index contributed by atoms with van der Waals surface area (Å²) in [6.07, 6.45) is 0.309. The number of nitrogens with zero attached hydrogens (tertiary/aromatic N) is 1. The first kappa shape index (κ1) is 25.4. The predicted molar refractivity (Wildman–Crippen MR) is 134 cm³/mol. The second-order valence-electron chi connectivity index (χ2n) is 7.48. The second kappa shape index (κ2) is 12.3. The van der Waals surface area contributed by atoms with Gasteiger partial charge in [-0.05, 0) is 29.8 Å². The Kier molecular flexibility index (Phi) is 9.19. The molecule has 3 rings (SSSR count). The zero-order chi connectivity index (χ0) is 24.5. The van der Waals surface area contributed by atoms with Crippen molar-refractivity contribution in [2.75, 3.05) is 20.8 Å². The van der Waals surface area contributed by atoms with Crippen LogP contribution >= 0.6 is 23.2 Å². The minimum absolute atomic E-state index is 0.0392. The van der Waals surface area contributed by atoms with Crippen molar-refractivity contribution in [3.63, 3.8) is 0 Å². The van der Waals surface area contributed by atoms with Gasteiger partial charge in [0.15, 0.2) is 18.1 Å². The Morgan fingerprint density at radius 2 is 1.53 bits per heavy atom. The average molecular weight is 501 g/mol. The van der Waals surface area contributed by atoms with Crippen LogP contribution in [-0.4, -0.2) is 43.5 Å². The normalized spacial score (nSPS) is 11.4. The minimum Gasteiger partial charge on any atom is -0.493 e. The van der Waals surface area contributed by atoms with Crippen molar-refractivity contribution in [1.82, 2.24) is 10.2 Å². The third-order valence-electron chi connectivity index (χ3n) is 5.33. The lowest BCUT2D eigenvalue weighted by atomic mass is 10.0. The van der Waals surface area contributed by atoms with Crippen molar-refractivity contribution < 1.29 is 19.1 Å². The molecule has 0 spiro atoms. The highest BCUT2D eigenvalue weighted by Crippen LogP contribution is 2.28. The Hall–Kier alpha value is -3.22. The number of halogens is 2. The number of ether oxygens (including phenoxy) is 2. The molecule has 0 saturated carbocycles.